The second kappa shape index (κ2) is 6.17. The van der Waals surface area contributed by atoms with Crippen molar-refractivity contribution in [3.8, 4) is 17.2 Å². The Morgan fingerprint density at radius 1 is 0.933 bits per heavy atom. The molecule has 0 fully saturated rings. The van der Waals surface area contributed by atoms with E-state index < -0.39 is 0 Å². The van der Waals surface area contributed by atoms with Crippen LogP contribution in [0, 0.1) is 6.07 Å². The number of rotatable bonds is 6. The monoisotopic (exact) mass is 209 g/mol. The average molecular weight is 209 g/mol. The molecule has 15 heavy (non-hydrogen) atoms. The van der Waals surface area contributed by atoms with Crippen LogP contribution in [0.4, 0.5) is 0 Å². The lowest BCUT2D eigenvalue weighted by molar-refractivity contribution is 0.282. The van der Waals surface area contributed by atoms with Crippen LogP contribution < -0.4 is 14.2 Å². The van der Waals surface area contributed by atoms with Crippen molar-refractivity contribution >= 4 is 0 Å². The summed E-state index contributed by atoms with van der Waals surface area (Å²) in [7, 11) is 0. The van der Waals surface area contributed by atoms with Gasteiger partial charge in [-0.3, -0.25) is 0 Å². The van der Waals surface area contributed by atoms with Gasteiger partial charge in [-0.15, -0.1) is 0 Å². The van der Waals surface area contributed by atoms with E-state index in [2.05, 4.69) is 6.07 Å². The fourth-order valence-corrected chi connectivity index (χ4v) is 1.20. The third-order valence-corrected chi connectivity index (χ3v) is 1.73. The second-order valence-electron chi connectivity index (χ2n) is 2.81. The van der Waals surface area contributed by atoms with Crippen LogP contribution >= 0.6 is 0 Å². The molecule has 0 amide bonds. The van der Waals surface area contributed by atoms with E-state index in [4.69, 9.17) is 14.2 Å². The van der Waals surface area contributed by atoms with E-state index in [1.807, 2.05) is 32.9 Å². The zero-order chi connectivity index (χ0) is 11.1. The summed E-state index contributed by atoms with van der Waals surface area (Å²) in [5, 5.41) is 0. The number of ether oxygens (including phenoxy) is 3. The van der Waals surface area contributed by atoms with E-state index in [1.165, 1.54) is 0 Å². The minimum Gasteiger partial charge on any atom is -0.493 e. The van der Waals surface area contributed by atoms with Gasteiger partial charge in [0.25, 0.3) is 0 Å². The Balaban J connectivity index is 2.87. The average Bonchev–Trinajstić information content (AvgIpc) is 2.23. The predicted molar refractivity (Wildman–Crippen MR) is 58.8 cm³/mol. The molecule has 0 spiro atoms. The molecule has 1 aromatic carbocycles. The van der Waals surface area contributed by atoms with Crippen molar-refractivity contribution in [2.75, 3.05) is 19.8 Å². The molecule has 0 N–H and O–H groups in total. The minimum atomic E-state index is 0.589. The standard InChI is InChI=1S/C12H17O3/c1-4-13-10-7-8-11(14-5-2)12(9-10)15-6-3/h7-8H,4-6H2,1-3H3. The highest BCUT2D eigenvalue weighted by Crippen LogP contribution is 2.30. The highest BCUT2D eigenvalue weighted by molar-refractivity contribution is 5.44. The van der Waals surface area contributed by atoms with Crippen molar-refractivity contribution in [3.63, 3.8) is 0 Å². The van der Waals surface area contributed by atoms with E-state index in [1.54, 1.807) is 0 Å². The van der Waals surface area contributed by atoms with Crippen LogP contribution in [0.25, 0.3) is 0 Å². The van der Waals surface area contributed by atoms with Gasteiger partial charge in [0.05, 0.1) is 25.9 Å². The Kier molecular flexibility index (Phi) is 4.81. The summed E-state index contributed by atoms with van der Waals surface area (Å²) in [5.74, 6) is 2.01. The first-order valence-corrected chi connectivity index (χ1v) is 5.26. The molecule has 0 aromatic heterocycles. The fraction of sp³-hybridized carbons (Fsp3) is 0.500. The number of hydrogen-bond acceptors (Lipinski definition) is 3. The van der Waals surface area contributed by atoms with Crippen LogP contribution in [0.3, 0.4) is 0 Å². The maximum Gasteiger partial charge on any atom is 0.172 e. The molecular formula is C12H17O3. The highest BCUT2D eigenvalue weighted by Gasteiger charge is 2.06. The number of hydrogen-bond donors (Lipinski definition) is 0. The third kappa shape index (κ3) is 3.35. The van der Waals surface area contributed by atoms with E-state index in [9.17, 15) is 0 Å². The van der Waals surface area contributed by atoms with Crippen molar-refractivity contribution in [2.24, 2.45) is 0 Å². The number of benzene rings is 1. The smallest absolute Gasteiger partial charge is 0.172 e. The van der Waals surface area contributed by atoms with Crippen LogP contribution in [0.1, 0.15) is 20.8 Å². The van der Waals surface area contributed by atoms with Crippen LogP contribution in [0.2, 0.25) is 0 Å². The van der Waals surface area contributed by atoms with Gasteiger partial charge in [0.2, 0.25) is 0 Å². The largest absolute Gasteiger partial charge is 0.493 e. The van der Waals surface area contributed by atoms with Crippen molar-refractivity contribution in [3.05, 3.63) is 18.2 Å². The molecule has 0 unspecified atom stereocenters. The van der Waals surface area contributed by atoms with Crippen LogP contribution in [-0.2, 0) is 0 Å². The summed E-state index contributed by atoms with van der Waals surface area (Å²) in [5.41, 5.74) is 0. The van der Waals surface area contributed by atoms with E-state index >= 15 is 0 Å². The Morgan fingerprint density at radius 2 is 1.60 bits per heavy atom. The van der Waals surface area contributed by atoms with Gasteiger partial charge in [0, 0.05) is 0 Å². The van der Waals surface area contributed by atoms with Crippen molar-refractivity contribution in [1.29, 1.82) is 0 Å². The van der Waals surface area contributed by atoms with Gasteiger partial charge >= 0.3 is 0 Å². The first-order chi connectivity index (χ1) is 7.31. The van der Waals surface area contributed by atoms with Gasteiger partial charge in [-0.2, -0.15) is 0 Å². The molecule has 0 saturated heterocycles. The lowest BCUT2D eigenvalue weighted by Gasteiger charge is -2.11. The molecule has 1 aromatic rings. The Bertz CT molecular complexity index is 297. The first kappa shape index (κ1) is 11.7. The molecule has 0 atom stereocenters. The maximum atomic E-state index is 5.42. The van der Waals surface area contributed by atoms with Gasteiger partial charge in [0.1, 0.15) is 5.75 Å². The summed E-state index contributed by atoms with van der Waals surface area (Å²) in [6, 6.07) is 6.70. The molecule has 3 heteroatoms. The summed E-state index contributed by atoms with van der Waals surface area (Å²) < 4.78 is 16.2. The molecule has 0 saturated carbocycles. The zero-order valence-electron chi connectivity index (χ0n) is 9.50. The lowest BCUT2D eigenvalue weighted by atomic mass is 10.3. The molecule has 0 bridgehead atoms. The fourth-order valence-electron chi connectivity index (χ4n) is 1.20. The quantitative estimate of drug-likeness (QED) is 0.721. The highest BCUT2D eigenvalue weighted by atomic mass is 16.5. The second-order valence-corrected chi connectivity index (χ2v) is 2.81. The molecule has 0 aliphatic rings. The van der Waals surface area contributed by atoms with Crippen molar-refractivity contribution < 1.29 is 14.2 Å². The molecule has 0 aliphatic heterocycles. The van der Waals surface area contributed by atoms with Gasteiger partial charge in [-0.1, -0.05) is 0 Å². The first-order valence-electron chi connectivity index (χ1n) is 5.26. The summed E-state index contributed by atoms with van der Waals surface area (Å²) in [6.45, 7) is 7.62. The lowest BCUT2D eigenvalue weighted by Crippen LogP contribution is -1.99. The van der Waals surface area contributed by atoms with Crippen LogP contribution in [0.5, 0.6) is 17.2 Å². The van der Waals surface area contributed by atoms with Gasteiger partial charge in [-0.25, -0.2) is 0 Å². The van der Waals surface area contributed by atoms with Gasteiger partial charge in [-0.05, 0) is 32.9 Å². The Morgan fingerprint density at radius 3 is 2.20 bits per heavy atom. The van der Waals surface area contributed by atoms with Crippen molar-refractivity contribution in [2.45, 2.75) is 20.8 Å². The van der Waals surface area contributed by atoms with E-state index in [0.29, 0.717) is 37.1 Å². The van der Waals surface area contributed by atoms with E-state index in [0.717, 1.165) is 0 Å². The molecular weight excluding hydrogens is 192 g/mol. The predicted octanol–water partition coefficient (Wildman–Crippen LogP) is 2.68. The molecule has 3 nitrogen and oxygen atoms in total. The van der Waals surface area contributed by atoms with Crippen LogP contribution in [0.15, 0.2) is 12.1 Å². The molecule has 0 heterocycles. The topological polar surface area (TPSA) is 27.7 Å². The molecule has 0 aliphatic carbocycles. The van der Waals surface area contributed by atoms with Gasteiger partial charge in [0.15, 0.2) is 11.5 Å². The summed E-state index contributed by atoms with van der Waals surface area (Å²) in [6.07, 6.45) is 0. The summed E-state index contributed by atoms with van der Waals surface area (Å²) in [4.78, 5) is 0. The Labute approximate surface area is 91.0 Å². The van der Waals surface area contributed by atoms with Crippen LogP contribution in [-0.4, -0.2) is 19.8 Å². The zero-order valence-corrected chi connectivity index (χ0v) is 9.50. The van der Waals surface area contributed by atoms with Crippen molar-refractivity contribution in [1.82, 2.24) is 0 Å². The molecule has 1 radical (unpaired) electrons. The maximum absolute atomic E-state index is 5.42. The summed E-state index contributed by atoms with van der Waals surface area (Å²) >= 11 is 0. The van der Waals surface area contributed by atoms with E-state index in [-0.39, 0.29) is 0 Å². The third-order valence-electron chi connectivity index (χ3n) is 1.73. The Hall–Kier alpha value is -1.38. The SMILES string of the molecule is CCOc1[c]c(OCC)c(OCC)cc1. The molecule has 83 valence electrons. The molecule has 1 rings (SSSR count). The van der Waals surface area contributed by atoms with Gasteiger partial charge < -0.3 is 14.2 Å². The normalized spacial score (nSPS) is 9.80. The minimum absolute atomic E-state index is 0.589.